The Morgan fingerprint density at radius 1 is 1.00 bits per heavy atom. The SMILES string of the molecule is CC1(C)OB(c2ccc(OCc3ccc(Cl)c(F)c3)cc2)OC1(C)C. The van der Waals surface area contributed by atoms with Gasteiger partial charge in [0.1, 0.15) is 18.2 Å². The van der Waals surface area contributed by atoms with Crippen LogP contribution in [-0.4, -0.2) is 18.3 Å². The largest absolute Gasteiger partial charge is 0.494 e. The number of halogens is 2. The Hall–Kier alpha value is -1.56. The van der Waals surface area contributed by atoms with Crippen LogP contribution in [0.15, 0.2) is 42.5 Å². The molecule has 0 bridgehead atoms. The predicted octanol–water partition coefficient (Wildman–Crippen LogP) is 4.36. The van der Waals surface area contributed by atoms with Gasteiger partial charge in [0.05, 0.1) is 16.2 Å². The zero-order valence-electron chi connectivity index (χ0n) is 14.8. The molecule has 0 atom stereocenters. The fourth-order valence-corrected chi connectivity index (χ4v) is 2.61. The van der Waals surface area contributed by atoms with Gasteiger partial charge >= 0.3 is 7.12 Å². The maximum Gasteiger partial charge on any atom is 0.494 e. The summed E-state index contributed by atoms with van der Waals surface area (Å²) < 4.78 is 31.2. The van der Waals surface area contributed by atoms with Gasteiger partial charge in [-0.3, -0.25) is 0 Å². The number of hydrogen-bond donors (Lipinski definition) is 0. The summed E-state index contributed by atoms with van der Waals surface area (Å²) in [6, 6.07) is 12.2. The molecule has 0 spiro atoms. The highest BCUT2D eigenvalue weighted by Gasteiger charge is 2.51. The number of ether oxygens (including phenoxy) is 1. The van der Waals surface area contributed by atoms with Gasteiger partial charge in [0, 0.05) is 0 Å². The van der Waals surface area contributed by atoms with Crippen molar-refractivity contribution in [2.75, 3.05) is 0 Å². The molecule has 132 valence electrons. The van der Waals surface area contributed by atoms with E-state index < -0.39 is 12.9 Å². The molecule has 0 N–H and O–H groups in total. The van der Waals surface area contributed by atoms with Gasteiger partial charge in [-0.15, -0.1) is 0 Å². The zero-order valence-corrected chi connectivity index (χ0v) is 15.6. The van der Waals surface area contributed by atoms with Gasteiger partial charge in [0.15, 0.2) is 0 Å². The second-order valence-electron chi connectivity index (χ2n) is 7.19. The molecular weight excluding hydrogens is 341 g/mol. The third-order valence-corrected chi connectivity index (χ3v) is 5.10. The average molecular weight is 363 g/mol. The van der Waals surface area contributed by atoms with Crippen molar-refractivity contribution in [2.45, 2.75) is 45.5 Å². The lowest BCUT2D eigenvalue weighted by Gasteiger charge is -2.32. The molecule has 1 saturated heterocycles. The molecule has 0 aromatic heterocycles. The second-order valence-corrected chi connectivity index (χ2v) is 7.60. The highest BCUT2D eigenvalue weighted by molar-refractivity contribution is 6.62. The third kappa shape index (κ3) is 3.84. The van der Waals surface area contributed by atoms with Crippen LogP contribution in [-0.2, 0) is 15.9 Å². The van der Waals surface area contributed by atoms with E-state index >= 15 is 0 Å². The summed E-state index contributed by atoms with van der Waals surface area (Å²) in [4.78, 5) is 0. The molecule has 0 aliphatic carbocycles. The summed E-state index contributed by atoms with van der Waals surface area (Å²) in [6.07, 6.45) is 0. The minimum Gasteiger partial charge on any atom is -0.489 e. The summed E-state index contributed by atoms with van der Waals surface area (Å²) in [6.45, 7) is 8.36. The first kappa shape index (κ1) is 18.2. The minimum absolute atomic E-state index is 0.107. The van der Waals surface area contributed by atoms with E-state index in [1.165, 1.54) is 12.1 Å². The molecule has 3 nitrogen and oxygen atoms in total. The number of benzene rings is 2. The van der Waals surface area contributed by atoms with Crippen LogP contribution in [0.2, 0.25) is 5.02 Å². The summed E-state index contributed by atoms with van der Waals surface area (Å²) in [5, 5.41) is 0.107. The van der Waals surface area contributed by atoms with E-state index in [0.29, 0.717) is 5.75 Å². The van der Waals surface area contributed by atoms with Crippen LogP contribution < -0.4 is 10.2 Å². The van der Waals surface area contributed by atoms with Crippen molar-refractivity contribution < 1.29 is 18.4 Å². The Labute approximate surface area is 153 Å². The first-order chi connectivity index (χ1) is 11.7. The van der Waals surface area contributed by atoms with E-state index in [-0.39, 0.29) is 22.8 Å². The average Bonchev–Trinajstić information content (AvgIpc) is 2.77. The monoisotopic (exact) mass is 362 g/mol. The number of hydrogen-bond acceptors (Lipinski definition) is 3. The summed E-state index contributed by atoms with van der Waals surface area (Å²) >= 11 is 5.68. The molecule has 2 aromatic rings. The van der Waals surface area contributed by atoms with Gasteiger partial charge in [-0.2, -0.15) is 0 Å². The first-order valence-corrected chi connectivity index (χ1v) is 8.58. The molecule has 2 aromatic carbocycles. The molecule has 1 aliphatic rings. The van der Waals surface area contributed by atoms with Crippen LogP contribution in [0.25, 0.3) is 0 Å². The van der Waals surface area contributed by atoms with Gasteiger partial charge < -0.3 is 14.0 Å². The summed E-state index contributed by atoms with van der Waals surface area (Å²) in [7, 11) is -0.399. The van der Waals surface area contributed by atoms with Crippen LogP contribution in [0.5, 0.6) is 5.75 Å². The first-order valence-electron chi connectivity index (χ1n) is 8.20. The topological polar surface area (TPSA) is 27.7 Å². The van der Waals surface area contributed by atoms with Crippen LogP contribution in [0.1, 0.15) is 33.3 Å². The predicted molar refractivity (Wildman–Crippen MR) is 97.9 cm³/mol. The lowest BCUT2D eigenvalue weighted by molar-refractivity contribution is 0.00578. The Bertz CT molecular complexity index is 746. The Balaban J connectivity index is 1.64. The summed E-state index contributed by atoms with van der Waals surface area (Å²) in [5.74, 6) is 0.245. The Morgan fingerprint density at radius 2 is 1.60 bits per heavy atom. The lowest BCUT2D eigenvalue weighted by atomic mass is 9.79. The van der Waals surface area contributed by atoms with E-state index in [9.17, 15) is 4.39 Å². The molecule has 3 rings (SSSR count). The molecule has 25 heavy (non-hydrogen) atoms. The highest BCUT2D eigenvalue weighted by atomic mass is 35.5. The third-order valence-electron chi connectivity index (χ3n) is 4.80. The fraction of sp³-hybridized carbons (Fsp3) is 0.368. The van der Waals surface area contributed by atoms with E-state index in [2.05, 4.69) is 0 Å². The van der Waals surface area contributed by atoms with E-state index in [1.54, 1.807) is 6.07 Å². The zero-order chi connectivity index (χ0) is 18.2. The van der Waals surface area contributed by atoms with Gasteiger partial charge in [-0.25, -0.2) is 4.39 Å². The van der Waals surface area contributed by atoms with Crippen molar-refractivity contribution in [1.82, 2.24) is 0 Å². The smallest absolute Gasteiger partial charge is 0.489 e. The quantitative estimate of drug-likeness (QED) is 0.757. The molecule has 0 radical (unpaired) electrons. The molecule has 6 heteroatoms. The Kier molecular flexibility index (Phi) is 4.84. The molecular formula is C19H21BClFO3. The van der Waals surface area contributed by atoms with Crippen LogP contribution in [0.3, 0.4) is 0 Å². The normalized spacial score (nSPS) is 18.4. The standard InChI is InChI=1S/C19H21BClFO3/c1-18(2)19(3,4)25-20(24-18)14-6-8-15(9-7-14)23-12-13-5-10-16(21)17(22)11-13/h5-11H,12H2,1-4H3. The molecule has 0 amide bonds. The molecule has 1 aliphatic heterocycles. The van der Waals surface area contributed by atoms with Crippen molar-refractivity contribution >= 4 is 24.2 Å². The van der Waals surface area contributed by atoms with Crippen LogP contribution >= 0.6 is 11.6 Å². The van der Waals surface area contributed by atoms with E-state index in [1.807, 2.05) is 52.0 Å². The molecule has 0 unspecified atom stereocenters. The van der Waals surface area contributed by atoms with Crippen LogP contribution in [0, 0.1) is 5.82 Å². The minimum atomic E-state index is -0.445. The van der Waals surface area contributed by atoms with E-state index in [4.69, 9.17) is 25.6 Å². The highest BCUT2D eigenvalue weighted by Crippen LogP contribution is 2.36. The fourth-order valence-electron chi connectivity index (χ4n) is 2.50. The maximum absolute atomic E-state index is 13.4. The van der Waals surface area contributed by atoms with Crippen LogP contribution in [0.4, 0.5) is 4.39 Å². The Morgan fingerprint density at radius 3 is 2.16 bits per heavy atom. The van der Waals surface area contributed by atoms with Crippen molar-refractivity contribution in [3.05, 3.63) is 58.9 Å². The van der Waals surface area contributed by atoms with Crippen molar-refractivity contribution in [2.24, 2.45) is 0 Å². The van der Waals surface area contributed by atoms with Gasteiger partial charge in [-0.1, -0.05) is 29.8 Å². The summed E-state index contributed by atoms with van der Waals surface area (Å²) in [5.41, 5.74) is 0.914. The van der Waals surface area contributed by atoms with Crippen molar-refractivity contribution in [3.8, 4) is 5.75 Å². The van der Waals surface area contributed by atoms with E-state index in [0.717, 1.165) is 11.0 Å². The van der Waals surface area contributed by atoms with Crippen molar-refractivity contribution in [3.63, 3.8) is 0 Å². The van der Waals surface area contributed by atoms with Crippen molar-refractivity contribution in [1.29, 1.82) is 0 Å². The van der Waals surface area contributed by atoms with Gasteiger partial charge in [0.25, 0.3) is 0 Å². The van der Waals surface area contributed by atoms with Gasteiger partial charge in [-0.05, 0) is 63.0 Å². The molecule has 1 fully saturated rings. The maximum atomic E-state index is 13.4. The molecule has 0 saturated carbocycles. The number of rotatable bonds is 4. The molecule has 1 heterocycles. The second kappa shape index (κ2) is 6.63. The van der Waals surface area contributed by atoms with Gasteiger partial charge in [0.2, 0.25) is 0 Å². The lowest BCUT2D eigenvalue weighted by Crippen LogP contribution is -2.41.